The summed E-state index contributed by atoms with van der Waals surface area (Å²) in [6.07, 6.45) is 5.19. The van der Waals surface area contributed by atoms with Crippen LogP contribution in [0.4, 0.5) is 11.4 Å². The third kappa shape index (κ3) is 7.17. The molecule has 0 saturated carbocycles. The van der Waals surface area contributed by atoms with Crippen LogP contribution in [0.2, 0.25) is 0 Å². The van der Waals surface area contributed by atoms with E-state index in [0.29, 0.717) is 6.04 Å². The molecule has 7 heteroatoms. The summed E-state index contributed by atoms with van der Waals surface area (Å²) in [5, 5.41) is 0. The highest BCUT2D eigenvalue weighted by molar-refractivity contribution is 5.86. The number of piperazine rings is 1. The van der Waals surface area contributed by atoms with Crippen molar-refractivity contribution in [1.29, 1.82) is 0 Å². The number of aryl methyl sites for hydroxylation is 4. The van der Waals surface area contributed by atoms with Crippen LogP contribution in [0, 0.1) is 41.5 Å². The standard InChI is InChI=1S/C34H40N4.3ClH/c1-8-30-21-37(31-9-11-33(35-19-31)28-15-22(2)26(6)23(3)16-28)13-14-38(30)32-10-12-34(36-20-32)29-17-24(4)27(7)25(5)18-29;;;/h9-12,15-20,30H,8,13-14,21H2,1-7H3;3*1H. The molecule has 0 amide bonds. The second-order valence-electron chi connectivity index (χ2n) is 11.0. The lowest BCUT2D eigenvalue weighted by Crippen LogP contribution is -2.53. The van der Waals surface area contributed by atoms with E-state index in [1.165, 1.54) is 55.9 Å². The molecule has 220 valence electrons. The normalized spacial score (nSPS) is 14.6. The molecule has 0 N–H and O–H groups in total. The van der Waals surface area contributed by atoms with E-state index in [-0.39, 0.29) is 37.2 Å². The summed E-state index contributed by atoms with van der Waals surface area (Å²) < 4.78 is 0. The van der Waals surface area contributed by atoms with Crippen LogP contribution < -0.4 is 9.80 Å². The molecule has 1 unspecified atom stereocenters. The first-order chi connectivity index (χ1) is 18.2. The Kier molecular flexibility index (Phi) is 12.1. The lowest BCUT2D eigenvalue weighted by Gasteiger charge is -2.43. The minimum Gasteiger partial charge on any atom is -0.366 e. The van der Waals surface area contributed by atoms with Gasteiger partial charge in [0, 0.05) is 36.8 Å². The van der Waals surface area contributed by atoms with Crippen LogP contribution in [0.25, 0.3) is 22.5 Å². The van der Waals surface area contributed by atoms with E-state index in [4.69, 9.17) is 9.97 Å². The van der Waals surface area contributed by atoms with Gasteiger partial charge in [-0.2, -0.15) is 0 Å². The summed E-state index contributed by atoms with van der Waals surface area (Å²) in [6.45, 7) is 18.3. The first-order valence-electron chi connectivity index (χ1n) is 13.8. The van der Waals surface area contributed by atoms with Gasteiger partial charge in [0.1, 0.15) is 0 Å². The molecule has 0 bridgehead atoms. The SMILES string of the molecule is CCC1CN(c2ccc(-c3cc(C)c(C)c(C)c3)nc2)CCN1c1ccc(-c2cc(C)c(C)c(C)c2)nc1.Cl.Cl.Cl. The molecule has 1 aliphatic heterocycles. The maximum atomic E-state index is 4.87. The van der Waals surface area contributed by atoms with Crippen LogP contribution in [0.15, 0.2) is 60.9 Å². The Morgan fingerprint density at radius 3 is 1.46 bits per heavy atom. The van der Waals surface area contributed by atoms with Gasteiger partial charge in [0.15, 0.2) is 0 Å². The minimum atomic E-state index is 0. The number of nitrogens with zero attached hydrogens (tertiary/aromatic N) is 4. The average molecular weight is 614 g/mol. The van der Waals surface area contributed by atoms with E-state index in [2.05, 4.69) is 113 Å². The predicted octanol–water partition coefficient (Wildman–Crippen LogP) is 9.03. The Labute approximate surface area is 264 Å². The zero-order valence-electron chi connectivity index (χ0n) is 25.2. The first-order valence-corrected chi connectivity index (χ1v) is 13.8. The molecule has 0 radical (unpaired) electrons. The molecule has 2 aromatic heterocycles. The number of pyridine rings is 2. The van der Waals surface area contributed by atoms with Gasteiger partial charge < -0.3 is 9.80 Å². The van der Waals surface area contributed by atoms with Gasteiger partial charge in [-0.15, -0.1) is 37.2 Å². The van der Waals surface area contributed by atoms with Gasteiger partial charge >= 0.3 is 0 Å². The average Bonchev–Trinajstić information content (AvgIpc) is 2.94. The van der Waals surface area contributed by atoms with Gasteiger partial charge in [-0.1, -0.05) is 6.92 Å². The topological polar surface area (TPSA) is 32.3 Å². The van der Waals surface area contributed by atoms with Crippen molar-refractivity contribution in [3.8, 4) is 22.5 Å². The summed E-state index contributed by atoms with van der Waals surface area (Å²) in [6, 6.07) is 18.2. The monoisotopic (exact) mass is 612 g/mol. The molecule has 1 aliphatic rings. The summed E-state index contributed by atoms with van der Waals surface area (Å²) in [5.74, 6) is 0. The van der Waals surface area contributed by atoms with Crippen molar-refractivity contribution in [1.82, 2.24) is 9.97 Å². The molecule has 41 heavy (non-hydrogen) atoms. The molecule has 4 aromatic rings. The number of aromatic nitrogens is 2. The molecule has 1 saturated heterocycles. The molecule has 0 aliphatic carbocycles. The summed E-state index contributed by atoms with van der Waals surface area (Å²) >= 11 is 0. The quantitative estimate of drug-likeness (QED) is 0.225. The molecule has 4 nitrogen and oxygen atoms in total. The third-order valence-electron chi connectivity index (χ3n) is 8.59. The van der Waals surface area contributed by atoms with Crippen LogP contribution in [0.5, 0.6) is 0 Å². The summed E-state index contributed by atoms with van der Waals surface area (Å²) in [7, 11) is 0. The lowest BCUT2D eigenvalue weighted by molar-refractivity contribution is 0.508. The van der Waals surface area contributed by atoms with E-state index >= 15 is 0 Å². The Balaban J connectivity index is 0.00000196. The van der Waals surface area contributed by atoms with Gasteiger partial charge in [0.25, 0.3) is 0 Å². The van der Waals surface area contributed by atoms with Gasteiger partial charge in [-0.3, -0.25) is 9.97 Å². The fourth-order valence-corrected chi connectivity index (χ4v) is 5.62. The number of hydrogen-bond donors (Lipinski definition) is 0. The van der Waals surface area contributed by atoms with Crippen molar-refractivity contribution in [3.05, 3.63) is 94.3 Å². The van der Waals surface area contributed by atoms with E-state index in [1.54, 1.807) is 0 Å². The maximum Gasteiger partial charge on any atom is 0.0703 e. The Morgan fingerprint density at radius 1 is 0.634 bits per heavy atom. The number of benzene rings is 2. The van der Waals surface area contributed by atoms with Crippen molar-refractivity contribution in [2.24, 2.45) is 0 Å². The lowest BCUT2D eigenvalue weighted by atomic mass is 9.98. The van der Waals surface area contributed by atoms with Crippen molar-refractivity contribution in [2.75, 3.05) is 29.4 Å². The molecule has 3 heterocycles. The molecule has 1 fully saturated rings. The fourth-order valence-electron chi connectivity index (χ4n) is 5.62. The van der Waals surface area contributed by atoms with E-state index in [9.17, 15) is 0 Å². The van der Waals surface area contributed by atoms with Crippen molar-refractivity contribution >= 4 is 48.6 Å². The van der Waals surface area contributed by atoms with Crippen LogP contribution in [0.1, 0.15) is 46.7 Å². The molecule has 2 aromatic carbocycles. The number of rotatable bonds is 5. The Bertz CT molecular complexity index is 1410. The van der Waals surface area contributed by atoms with Crippen LogP contribution in [-0.2, 0) is 0 Å². The number of hydrogen-bond acceptors (Lipinski definition) is 4. The highest BCUT2D eigenvalue weighted by Crippen LogP contribution is 2.30. The van der Waals surface area contributed by atoms with E-state index in [0.717, 1.165) is 37.4 Å². The first kappa shape index (κ1) is 34.4. The zero-order valence-corrected chi connectivity index (χ0v) is 27.6. The Morgan fingerprint density at radius 2 is 1.07 bits per heavy atom. The van der Waals surface area contributed by atoms with Gasteiger partial charge in [-0.05, 0) is 130 Å². The molecule has 5 rings (SSSR count). The number of anilines is 2. The molecular formula is C34H43Cl3N4. The van der Waals surface area contributed by atoms with Crippen LogP contribution >= 0.6 is 37.2 Å². The van der Waals surface area contributed by atoms with Crippen LogP contribution in [0.3, 0.4) is 0 Å². The second kappa shape index (κ2) is 14.4. The van der Waals surface area contributed by atoms with Gasteiger partial charge in [0.2, 0.25) is 0 Å². The van der Waals surface area contributed by atoms with Crippen LogP contribution in [-0.4, -0.2) is 35.6 Å². The second-order valence-corrected chi connectivity index (χ2v) is 11.0. The molecule has 1 atom stereocenters. The fraction of sp³-hybridized carbons (Fsp3) is 0.353. The van der Waals surface area contributed by atoms with Crippen molar-refractivity contribution in [2.45, 2.75) is 60.9 Å². The predicted molar refractivity (Wildman–Crippen MR) is 183 cm³/mol. The maximum absolute atomic E-state index is 4.87. The highest BCUT2D eigenvalue weighted by atomic mass is 35.5. The molecule has 0 spiro atoms. The largest absolute Gasteiger partial charge is 0.366 e. The van der Waals surface area contributed by atoms with Gasteiger partial charge in [-0.25, -0.2) is 0 Å². The minimum absolute atomic E-state index is 0. The van der Waals surface area contributed by atoms with Crippen molar-refractivity contribution in [3.63, 3.8) is 0 Å². The number of halogens is 3. The Hall–Kier alpha value is -2.79. The van der Waals surface area contributed by atoms with Gasteiger partial charge in [0.05, 0.1) is 35.2 Å². The summed E-state index contributed by atoms with van der Waals surface area (Å²) in [4.78, 5) is 14.7. The zero-order chi connectivity index (χ0) is 27.0. The van der Waals surface area contributed by atoms with E-state index < -0.39 is 0 Å². The summed E-state index contributed by atoms with van der Waals surface area (Å²) in [5.41, 5.74) is 14.9. The van der Waals surface area contributed by atoms with Crippen molar-refractivity contribution < 1.29 is 0 Å². The molecular weight excluding hydrogens is 571 g/mol. The van der Waals surface area contributed by atoms with E-state index in [1.807, 2.05) is 6.20 Å². The highest BCUT2D eigenvalue weighted by Gasteiger charge is 2.26. The third-order valence-corrected chi connectivity index (χ3v) is 8.59. The smallest absolute Gasteiger partial charge is 0.0703 e.